The van der Waals surface area contributed by atoms with E-state index in [2.05, 4.69) is 9.97 Å². The highest BCUT2D eigenvalue weighted by atomic mass is 35.5. The highest BCUT2D eigenvalue weighted by molar-refractivity contribution is 6.34. The topological polar surface area (TPSA) is 102 Å². The van der Waals surface area contributed by atoms with E-state index in [1.54, 1.807) is 48.4 Å². The lowest BCUT2D eigenvalue weighted by Crippen LogP contribution is -2.19. The zero-order valence-corrected chi connectivity index (χ0v) is 18.8. The van der Waals surface area contributed by atoms with Crippen LogP contribution in [0.25, 0.3) is 33.2 Å². The number of halogens is 1. The first kappa shape index (κ1) is 20.8. The normalized spacial score (nSPS) is 11.4. The summed E-state index contributed by atoms with van der Waals surface area (Å²) in [6, 6.07) is 14.4. The Morgan fingerprint density at radius 1 is 1.06 bits per heavy atom. The van der Waals surface area contributed by atoms with Gasteiger partial charge in [0.2, 0.25) is 0 Å². The minimum atomic E-state index is -1.02. The number of carbonyl (C=O) groups is 1. The molecule has 5 rings (SSSR count). The van der Waals surface area contributed by atoms with Gasteiger partial charge >= 0.3 is 11.7 Å². The Morgan fingerprint density at radius 3 is 2.58 bits per heavy atom. The fourth-order valence-corrected chi connectivity index (χ4v) is 4.23. The number of benzene rings is 3. The molecule has 5 aromatic rings. The van der Waals surface area contributed by atoms with Gasteiger partial charge in [0.15, 0.2) is 0 Å². The number of aromatic nitrogens is 4. The molecule has 0 atom stereocenters. The van der Waals surface area contributed by atoms with E-state index in [0.717, 1.165) is 22.2 Å². The lowest BCUT2D eigenvalue weighted by atomic mass is 10.0. The Kier molecular flexibility index (Phi) is 4.75. The zero-order chi connectivity index (χ0) is 23.4. The van der Waals surface area contributed by atoms with Gasteiger partial charge in [-0.1, -0.05) is 23.7 Å². The van der Waals surface area contributed by atoms with E-state index in [9.17, 15) is 14.7 Å². The van der Waals surface area contributed by atoms with E-state index >= 15 is 0 Å². The molecule has 0 unspecified atom stereocenters. The van der Waals surface area contributed by atoms with Gasteiger partial charge < -0.3 is 14.8 Å². The monoisotopic (exact) mass is 462 g/mol. The van der Waals surface area contributed by atoms with Crippen molar-refractivity contribution < 1.29 is 14.6 Å². The molecule has 0 spiro atoms. The fourth-order valence-electron chi connectivity index (χ4n) is 3.96. The summed E-state index contributed by atoms with van der Waals surface area (Å²) in [6.07, 6.45) is 0. The number of aryl methyl sites for hydroxylation is 3. The van der Waals surface area contributed by atoms with Crippen LogP contribution in [0, 0.1) is 6.92 Å². The number of hydrogen-bond donors (Lipinski definition) is 2. The summed E-state index contributed by atoms with van der Waals surface area (Å²) in [5.41, 5.74) is 5.28. The van der Waals surface area contributed by atoms with Gasteiger partial charge in [-0.3, -0.25) is 9.13 Å². The molecule has 8 nitrogen and oxygen atoms in total. The SMILES string of the molecule is Cc1ccc(Oc2nc3cc(-c4ccc5c(c4)n(C)c(=O)n5C)c(Cl)cc3[nH]2)cc1C(=O)O. The van der Waals surface area contributed by atoms with Crippen molar-refractivity contribution in [3.05, 3.63) is 75.2 Å². The zero-order valence-electron chi connectivity index (χ0n) is 18.0. The molecular formula is C24H19ClN4O4. The highest BCUT2D eigenvalue weighted by Crippen LogP contribution is 2.34. The number of imidazole rings is 2. The van der Waals surface area contributed by atoms with Crippen molar-refractivity contribution in [2.75, 3.05) is 0 Å². The first-order valence-corrected chi connectivity index (χ1v) is 10.5. The number of ether oxygens (including phenoxy) is 1. The second kappa shape index (κ2) is 7.53. The van der Waals surface area contributed by atoms with Gasteiger partial charge in [0.05, 0.1) is 32.7 Å². The number of hydrogen-bond acceptors (Lipinski definition) is 4. The Balaban J connectivity index is 1.54. The molecule has 9 heteroatoms. The molecule has 0 saturated heterocycles. The van der Waals surface area contributed by atoms with Gasteiger partial charge in [-0.05, 0) is 54.4 Å². The Hall–Kier alpha value is -4.04. The summed E-state index contributed by atoms with van der Waals surface area (Å²) >= 11 is 6.58. The Labute approximate surface area is 192 Å². The lowest BCUT2D eigenvalue weighted by molar-refractivity contribution is 0.0695. The number of nitrogens with one attached hydrogen (secondary N) is 1. The maximum atomic E-state index is 12.2. The van der Waals surface area contributed by atoms with Crippen LogP contribution in [0.4, 0.5) is 0 Å². The quantitative estimate of drug-likeness (QED) is 0.396. The molecule has 2 aromatic heterocycles. The number of fused-ring (bicyclic) bond motifs is 2. The van der Waals surface area contributed by atoms with Crippen molar-refractivity contribution in [2.45, 2.75) is 6.92 Å². The predicted molar refractivity (Wildman–Crippen MR) is 126 cm³/mol. The molecule has 0 radical (unpaired) electrons. The van der Waals surface area contributed by atoms with Gasteiger partial charge in [-0.2, -0.15) is 4.98 Å². The van der Waals surface area contributed by atoms with Crippen molar-refractivity contribution >= 4 is 39.6 Å². The predicted octanol–water partition coefficient (Wildman–Crippen LogP) is 4.87. The van der Waals surface area contributed by atoms with Crippen LogP contribution in [-0.4, -0.2) is 30.2 Å². The Morgan fingerprint density at radius 2 is 1.82 bits per heavy atom. The highest BCUT2D eigenvalue weighted by Gasteiger charge is 2.15. The smallest absolute Gasteiger partial charge is 0.336 e. The van der Waals surface area contributed by atoms with E-state index in [0.29, 0.717) is 27.4 Å². The van der Waals surface area contributed by atoms with E-state index in [4.69, 9.17) is 16.3 Å². The molecule has 0 saturated carbocycles. The molecule has 2 N–H and O–H groups in total. The van der Waals surface area contributed by atoms with Crippen molar-refractivity contribution in [1.29, 1.82) is 0 Å². The number of carboxylic acid groups (broad SMARTS) is 1. The number of carboxylic acids is 1. The van der Waals surface area contributed by atoms with Crippen LogP contribution in [0.3, 0.4) is 0 Å². The number of rotatable bonds is 4. The first-order valence-electron chi connectivity index (χ1n) is 10.1. The molecule has 166 valence electrons. The maximum Gasteiger partial charge on any atom is 0.336 e. The Bertz CT molecular complexity index is 1640. The molecule has 0 aliphatic rings. The average molecular weight is 463 g/mol. The molecular weight excluding hydrogens is 444 g/mol. The summed E-state index contributed by atoms with van der Waals surface area (Å²) in [4.78, 5) is 31.2. The molecule has 3 aromatic carbocycles. The summed E-state index contributed by atoms with van der Waals surface area (Å²) in [7, 11) is 3.47. The molecule has 0 aliphatic heterocycles. The van der Waals surface area contributed by atoms with Gasteiger partial charge in [0, 0.05) is 19.7 Å². The number of aromatic amines is 1. The summed E-state index contributed by atoms with van der Waals surface area (Å²) in [5, 5.41) is 9.84. The van der Waals surface area contributed by atoms with E-state index in [1.165, 1.54) is 6.07 Å². The van der Waals surface area contributed by atoms with Crippen LogP contribution in [0.1, 0.15) is 15.9 Å². The summed E-state index contributed by atoms with van der Waals surface area (Å²) < 4.78 is 8.97. The van der Waals surface area contributed by atoms with Crippen molar-refractivity contribution in [3.63, 3.8) is 0 Å². The lowest BCUT2D eigenvalue weighted by Gasteiger charge is -2.06. The van der Waals surface area contributed by atoms with Crippen molar-refractivity contribution in [2.24, 2.45) is 14.1 Å². The third-order valence-corrected chi connectivity index (χ3v) is 6.10. The fraction of sp³-hybridized carbons (Fsp3) is 0.125. The van der Waals surface area contributed by atoms with Crippen LogP contribution in [-0.2, 0) is 14.1 Å². The van der Waals surface area contributed by atoms with Crippen LogP contribution in [0.15, 0.2) is 53.3 Å². The molecule has 33 heavy (non-hydrogen) atoms. The number of nitrogens with zero attached hydrogens (tertiary/aromatic N) is 3. The average Bonchev–Trinajstić information content (AvgIpc) is 3.27. The molecule has 2 heterocycles. The molecule has 0 fully saturated rings. The minimum Gasteiger partial charge on any atom is -0.478 e. The first-order chi connectivity index (χ1) is 15.7. The van der Waals surface area contributed by atoms with Gasteiger partial charge in [-0.15, -0.1) is 0 Å². The number of H-pyrrole nitrogens is 1. The largest absolute Gasteiger partial charge is 0.478 e. The second-order valence-electron chi connectivity index (χ2n) is 7.88. The van der Waals surface area contributed by atoms with Crippen LogP contribution in [0.5, 0.6) is 11.8 Å². The maximum absolute atomic E-state index is 12.2. The van der Waals surface area contributed by atoms with Gasteiger partial charge in [0.1, 0.15) is 5.75 Å². The van der Waals surface area contributed by atoms with Crippen LogP contribution in [0.2, 0.25) is 5.02 Å². The molecule has 0 aliphatic carbocycles. The van der Waals surface area contributed by atoms with E-state index < -0.39 is 5.97 Å². The third-order valence-electron chi connectivity index (χ3n) is 5.79. The van der Waals surface area contributed by atoms with Crippen LogP contribution < -0.4 is 10.4 Å². The minimum absolute atomic E-state index is 0.0973. The number of aromatic carboxylic acids is 1. The molecule has 0 bridgehead atoms. The van der Waals surface area contributed by atoms with E-state index in [1.807, 2.05) is 24.3 Å². The van der Waals surface area contributed by atoms with Crippen molar-refractivity contribution in [3.8, 4) is 22.9 Å². The third kappa shape index (κ3) is 3.44. The van der Waals surface area contributed by atoms with E-state index in [-0.39, 0.29) is 17.3 Å². The molecule has 0 amide bonds. The van der Waals surface area contributed by atoms with Crippen molar-refractivity contribution in [1.82, 2.24) is 19.1 Å². The summed E-state index contributed by atoms with van der Waals surface area (Å²) in [6.45, 7) is 1.72. The van der Waals surface area contributed by atoms with Crippen LogP contribution >= 0.6 is 11.6 Å². The van der Waals surface area contributed by atoms with Gasteiger partial charge in [0.25, 0.3) is 6.01 Å². The standard InChI is InChI=1S/C24H19ClN4O4/c1-12-4-6-14(9-15(12)22(30)31)33-23-26-18-10-16(17(25)11-19(18)27-23)13-5-7-20-21(8-13)29(3)24(32)28(20)2/h4-11H,1-3H3,(H,26,27)(H,30,31). The van der Waals surface area contributed by atoms with Gasteiger partial charge in [-0.25, -0.2) is 9.59 Å². The second-order valence-corrected chi connectivity index (χ2v) is 8.29. The summed E-state index contributed by atoms with van der Waals surface area (Å²) in [5.74, 6) is -0.661.